The summed E-state index contributed by atoms with van der Waals surface area (Å²) in [5, 5.41) is 16.4. The van der Waals surface area contributed by atoms with Crippen LogP contribution in [-0.2, 0) is 16.8 Å². The van der Waals surface area contributed by atoms with Crippen LogP contribution in [0, 0.1) is 5.92 Å². The summed E-state index contributed by atoms with van der Waals surface area (Å²) in [5.41, 5.74) is 4.72. The maximum Gasteiger partial charge on any atom is 0.321 e. The standard InChI is InChI=1S/C28H32N6O3S/c1-4-30-26(35)34-27-33-22-13-19(18-5-6-24(31-14-18)28(2,3)36)12-21(25(22)38-27)23-16-29-15-20(32-23)11-17-7-9-37-10-8-17/h5-6,12-17,36H,4,7-11H2,1-3H3,(H2,30,33,34,35). The number of rotatable bonds is 7. The fourth-order valence-corrected chi connectivity index (χ4v) is 5.52. The predicted molar refractivity (Wildman–Crippen MR) is 149 cm³/mol. The van der Waals surface area contributed by atoms with Crippen molar-refractivity contribution >= 4 is 32.7 Å². The molecule has 0 bridgehead atoms. The van der Waals surface area contributed by atoms with Gasteiger partial charge in [0.2, 0.25) is 0 Å². The van der Waals surface area contributed by atoms with E-state index in [0.29, 0.717) is 23.3 Å². The van der Waals surface area contributed by atoms with Crippen LogP contribution in [0.4, 0.5) is 9.93 Å². The lowest BCUT2D eigenvalue weighted by molar-refractivity contribution is 0.0662. The smallest absolute Gasteiger partial charge is 0.321 e. The molecule has 0 aliphatic carbocycles. The Hall–Kier alpha value is -3.47. The van der Waals surface area contributed by atoms with Gasteiger partial charge in [0.15, 0.2) is 5.13 Å². The number of hydrogen-bond acceptors (Lipinski definition) is 8. The number of aromatic nitrogens is 4. The van der Waals surface area contributed by atoms with Crippen molar-refractivity contribution in [3.8, 4) is 22.4 Å². The zero-order valence-electron chi connectivity index (χ0n) is 21.8. The number of hydrogen-bond donors (Lipinski definition) is 3. The first-order valence-corrected chi connectivity index (χ1v) is 13.7. The minimum Gasteiger partial charge on any atom is -0.384 e. The van der Waals surface area contributed by atoms with Gasteiger partial charge in [0.1, 0.15) is 5.60 Å². The molecule has 3 N–H and O–H groups in total. The quantitative estimate of drug-likeness (QED) is 0.301. The van der Waals surface area contributed by atoms with E-state index in [4.69, 9.17) is 14.7 Å². The van der Waals surface area contributed by atoms with Crippen molar-refractivity contribution < 1.29 is 14.6 Å². The molecule has 0 saturated carbocycles. The zero-order chi connectivity index (χ0) is 26.7. The SMILES string of the molecule is CCNC(=O)Nc1nc2cc(-c3ccc(C(C)(C)O)nc3)cc(-c3cncc(CC4CCOCC4)n3)c2s1. The van der Waals surface area contributed by atoms with Crippen LogP contribution in [0.2, 0.25) is 0 Å². The molecule has 0 unspecified atom stereocenters. The molecule has 38 heavy (non-hydrogen) atoms. The van der Waals surface area contributed by atoms with E-state index >= 15 is 0 Å². The summed E-state index contributed by atoms with van der Waals surface area (Å²) in [5.74, 6) is 0.538. The number of anilines is 1. The molecular weight excluding hydrogens is 500 g/mol. The van der Waals surface area contributed by atoms with Crippen LogP contribution < -0.4 is 10.6 Å². The maximum atomic E-state index is 12.2. The third-order valence-corrected chi connectivity index (χ3v) is 7.59. The second kappa shape index (κ2) is 11.1. The van der Waals surface area contributed by atoms with Crippen molar-refractivity contribution in [2.24, 2.45) is 5.92 Å². The summed E-state index contributed by atoms with van der Waals surface area (Å²) in [4.78, 5) is 30.9. The van der Waals surface area contributed by atoms with Gasteiger partial charge in [0.05, 0.1) is 33.5 Å². The predicted octanol–water partition coefficient (Wildman–Crippen LogP) is 5.15. The average molecular weight is 533 g/mol. The summed E-state index contributed by atoms with van der Waals surface area (Å²) >= 11 is 1.41. The van der Waals surface area contributed by atoms with Crippen LogP contribution in [0.3, 0.4) is 0 Å². The molecule has 198 valence electrons. The van der Waals surface area contributed by atoms with Crippen LogP contribution >= 0.6 is 11.3 Å². The highest BCUT2D eigenvalue weighted by Gasteiger charge is 2.20. The normalized spacial score (nSPS) is 14.5. The molecule has 4 aromatic rings. The fourth-order valence-electron chi connectivity index (χ4n) is 4.55. The molecule has 3 aromatic heterocycles. The van der Waals surface area contributed by atoms with Gasteiger partial charge < -0.3 is 15.2 Å². The molecule has 1 aliphatic heterocycles. The van der Waals surface area contributed by atoms with Gasteiger partial charge in [-0.15, -0.1) is 0 Å². The second-order valence-electron chi connectivity index (χ2n) is 10.0. The number of fused-ring (bicyclic) bond motifs is 1. The number of ether oxygens (including phenoxy) is 1. The Morgan fingerprint density at radius 2 is 1.95 bits per heavy atom. The largest absolute Gasteiger partial charge is 0.384 e. The molecule has 9 nitrogen and oxygen atoms in total. The van der Waals surface area contributed by atoms with E-state index in [-0.39, 0.29) is 6.03 Å². The third-order valence-electron chi connectivity index (χ3n) is 6.57. The molecule has 0 spiro atoms. The lowest BCUT2D eigenvalue weighted by Gasteiger charge is -2.21. The second-order valence-corrected chi connectivity index (χ2v) is 11.0. The lowest BCUT2D eigenvalue weighted by atomic mass is 9.95. The zero-order valence-corrected chi connectivity index (χ0v) is 22.6. The van der Waals surface area contributed by atoms with E-state index in [1.165, 1.54) is 11.3 Å². The van der Waals surface area contributed by atoms with Gasteiger partial charge in [-0.25, -0.2) is 14.8 Å². The molecule has 1 aromatic carbocycles. The Morgan fingerprint density at radius 3 is 2.66 bits per heavy atom. The number of pyridine rings is 1. The number of carbonyl (C=O) groups excluding carboxylic acids is 1. The van der Waals surface area contributed by atoms with E-state index in [1.54, 1.807) is 26.2 Å². The highest BCUT2D eigenvalue weighted by atomic mass is 32.1. The molecule has 0 radical (unpaired) electrons. The van der Waals surface area contributed by atoms with Gasteiger partial charge >= 0.3 is 6.03 Å². The molecule has 1 fully saturated rings. The van der Waals surface area contributed by atoms with Crippen LogP contribution in [0.1, 0.15) is 45.0 Å². The number of nitrogens with zero attached hydrogens (tertiary/aromatic N) is 4. The first-order chi connectivity index (χ1) is 18.3. The van der Waals surface area contributed by atoms with Gasteiger partial charge in [0, 0.05) is 43.3 Å². The number of amides is 2. The maximum absolute atomic E-state index is 12.2. The number of nitrogens with one attached hydrogen (secondary N) is 2. The van der Waals surface area contributed by atoms with Crippen molar-refractivity contribution in [2.75, 3.05) is 25.1 Å². The Morgan fingerprint density at radius 1 is 1.13 bits per heavy atom. The average Bonchev–Trinajstić information content (AvgIpc) is 3.31. The highest BCUT2D eigenvalue weighted by Crippen LogP contribution is 2.38. The monoisotopic (exact) mass is 532 g/mol. The van der Waals surface area contributed by atoms with E-state index in [2.05, 4.69) is 26.7 Å². The molecule has 1 aliphatic rings. The van der Waals surface area contributed by atoms with E-state index in [9.17, 15) is 9.90 Å². The summed E-state index contributed by atoms with van der Waals surface area (Å²) in [6.07, 6.45) is 8.30. The molecule has 0 atom stereocenters. The summed E-state index contributed by atoms with van der Waals surface area (Å²) in [6.45, 7) is 7.40. The van der Waals surface area contributed by atoms with Crippen molar-refractivity contribution in [1.82, 2.24) is 25.3 Å². The van der Waals surface area contributed by atoms with Crippen LogP contribution in [-0.4, -0.2) is 50.8 Å². The van der Waals surface area contributed by atoms with Crippen molar-refractivity contribution in [1.29, 1.82) is 0 Å². The van der Waals surface area contributed by atoms with Crippen LogP contribution in [0.15, 0.2) is 42.9 Å². The molecule has 2 amide bonds. The first kappa shape index (κ1) is 26.1. The number of carbonyl (C=O) groups is 1. The topological polar surface area (TPSA) is 122 Å². The van der Waals surface area contributed by atoms with Crippen LogP contribution in [0.25, 0.3) is 32.6 Å². The highest BCUT2D eigenvalue weighted by molar-refractivity contribution is 7.22. The fraction of sp³-hybridized carbons (Fsp3) is 0.393. The molecule has 10 heteroatoms. The Balaban J connectivity index is 1.56. The van der Waals surface area contributed by atoms with Crippen LogP contribution in [0.5, 0.6) is 0 Å². The molecule has 4 heterocycles. The third kappa shape index (κ3) is 5.98. The van der Waals surface area contributed by atoms with E-state index in [0.717, 1.165) is 70.8 Å². The summed E-state index contributed by atoms with van der Waals surface area (Å²) < 4.78 is 6.43. The minimum absolute atomic E-state index is 0.294. The lowest BCUT2D eigenvalue weighted by Crippen LogP contribution is -2.28. The van der Waals surface area contributed by atoms with E-state index < -0.39 is 5.60 Å². The number of benzene rings is 1. The van der Waals surface area contributed by atoms with Gasteiger partial charge in [-0.3, -0.25) is 15.3 Å². The Kier molecular flexibility index (Phi) is 7.64. The van der Waals surface area contributed by atoms with E-state index in [1.807, 2.05) is 31.3 Å². The molecule has 5 rings (SSSR count). The van der Waals surface area contributed by atoms with Gasteiger partial charge in [-0.2, -0.15) is 0 Å². The van der Waals surface area contributed by atoms with Gasteiger partial charge in [0.25, 0.3) is 0 Å². The summed E-state index contributed by atoms with van der Waals surface area (Å²) in [7, 11) is 0. The Bertz CT molecular complexity index is 1430. The number of thiazole rings is 1. The Labute approximate surface area is 225 Å². The number of urea groups is 1. The van der Waals surface area contributed by atoms with Gasteiger partial charge in [-0.05, 0) is 69.7 Å². The molecular formula is C28H32N6O3S. The van der Waals surface area contributed by atoms with Crippen molar-refractivity contribution in [3.63, 3.8) is 0 Å². The minimum atomic E-state index is -1.03. The van der Waals surface area contributed by atoms with Gasteiger partial charge in [-0.1, -0.05) is 17.4 Å². The first-order valence-electron chi connectivity index (χ1n) is 12.9. The molecule has 1 saturated heterocycles. The van der Waals surface area contributed by atoms with Crippen molar-refractivity contribution in [2.45, 2.75) is 45.6 Å². The summed E-state index contributed by atoms with van der Waals surface area (Å²) in [6, 6.07) is 7.53. The van der Waals surface area contributed by atoms with Crippen molar-refractivity contribution in [3.05, 3.63) is 54.2 Å². The number of aliphatic hydroxyl groups is 1.